The molecule has 1 aromatic heterocycles. The molecule has 0 bridgehead atoms. The first-order valence-electron chi connectivity index (χ1n) is 10.2. The Morgan fingerprint density at radius 1 is 1.06 bits per heavy atom. The quantitative estimate of drug-likeness (QED) is 0.376. The third-order valence-electron chi connectivity index (χ3n) is 5.03. The predicted octanol–water partition coefficient (Wildman–Crippen LogP) is 5.36. The molecule has 33 heavy (non-hydrogen) atoms. The molecular formula is C24H19ClN4O3S. The largest absolute Gasteiger partial charge is 0.454 e. The minimum atomic E-state index is -0.170. The van der Waals surface area contributed by atoms with Crippen LogP contribution in [-0.4, -0.2) is 33.2 Å². The van der Waals surface area contributed by atoms with Crippen LogP contribution < -0.4 is 14.8 Å². The van der Waals surface area contributed by atoms with E-state index in [1.807, 2.05) is 60.0 Å². The predicted molar refractivity (Wildman–Crippen MR) is 128 cm³/mol. The van der Waals surface area contributed by atoms with Crippen molar-refractivity contribution in [3.8, 4) is 28.6 Å². The van der Waals surface area contributed by atoms with E-state index in [4.69, 9.17) is 21.1 Å². The molecule has 1 amide bonds. The molecule has 0 fully saturated rings. The van der Waals surface area contributed by atoms with Gasteiger partial charge in [-0.2, -0.15) is 0 Å². The number of aromatic nitrogens is 3. The van der Waals surface area contributed by atoms with Crippen LogP contribution in [0.2, 0.25) is 5.02 Å². The van der Waals surface area contributed by atoms with Crippen molar-refractivity contribution in [1.29, 1.82) is 0 Å². The molecule has 1 N–H and O–H groups in total. The van der Waals surface area contributed by atoms with E-state index in [9.17, 15) is 4.79 Å². The second kappa shape index (κ2) is 9.17. The van der Waals surface area contributed by atoms with E-state index < -0.39 is 0 Å². The van der Waals surface area contributed by atoms with E-state index in [2.05, 4.69) is 15.5 Å². The summed E-state index contributed by atoms with van der Waals surface area (Å²) in [5.41, 5.74) is 3.44. The molecule has 0 spiro atoms. The minimum Gasteiger partial charge on any atom is -0.454 e. The van der Waals surface area contributed by atoms with Crippen LogP contribution in [0.5, 0.6) is 11.5 Å². The summed E-state index contributed by atoms with van der Waals surface area (Å²) in [6, 6.07) is 20.8. The molecule has 1 aliphatic heterocycles. The van der Waals surface area contributed by atoms with Crippen molar-refractivity contribution in [2.24, 2.45) is 0 Å². The van der Waals surface area contributed by atoms with Gasteiger partial charge in [0.05, 0.1) is 10.8 Å². The second-order valence-electron chi connectivity index (χ2n) is 7.36. The van der Waals surface area contributed by atoms with Gasteiger partial charge in [0, 0.05) is 23.0 Å². The summed E-state index contributed by atoms with van der Waals surface area (Å²) < 4.78 is 12.6. The fraction of sp³-hybridized carbons (Fsp3) is 0.125. The highest BCUT2D eigenvalue weighted by molar-refractivity contribution is 7.99. The fourth-order valence-corrected chi connectivity index (χ4v) is 4.38. The maximum atomic E-state index is 12.6. The summed E-state index contributed by atoms with van der Waals surface area (Å²) in [4.78, 5) is 12.6. The van der Waals surface area contributed by atoms with Crippen molar-refractivity contribution in [2.75, 3.05) is 17.9 Å². The van der Waals surface area contributed by atoms with Crippen LogP contribution in [0.25, 0.3) is 17.1 Å². The first kappa shape index (κ1) is 21.4. The number of nitrogens with zero attached hydrogens (tertiary/aromatic N) is 3. The van der Waals surface area contributed by atoms with Gasteiger partial charge in [-0.1, -0.05) is 53.2 Å². The third kappa shape index (κ3) is 4.53. The number of carbonyl (C=O) groups excluding carboxylic acids is 1. The van der Waals surface area contributed by atoms with Crippen molar-refractivity contribution in [2.45, 2.75) is 12.1 Å². The van der Waals surface area contributed by atoms with Crippen LogP contribution in [0.15, 0.2) is 71.9 Å². The van der Waals surface area contributed by atoms with E-state index in [1.165, 1.54) is 11.8 Å². The lowest BCUT2D eigenvalue weighted by molar-refractivity contribution is -0.113. The van der Waals surface area contributed by atoms with Gasteiger partial charge in [-0.25, -0.2) is 0 Å². The standard InChI is InChI=1S/C24H19ClN4O3S/c1-15-6-9-17(10-7-15)29-23(18-4-2-3-5-19(18)25)27-28-24(29)33-13-22(30)26-16-8-11-20-21(12-16)32-14-31-20/h2-12H,13-14H2,1H3,(H,26,30). The normalized spacial score (nSPS) is 12.1. The summed E-state index contributed by atoms with van der Waals surface area (Å²) >= 11 is 7.74. The Labute approximate surface area is 199 Å². The molecule has 7 nitrogen and oxygen atoms in total. The van der Waals surface area contributed by atoms with Gasteiger partial charge in [0.15, 0.2) is 22.5 Å². The molecule has 0 unspecified atom stereocenters. The van der Waals surface area contributed by atoms with E-state index in [0.717, 1.165) is 16.8 Å². The number of aryl methyl sites for hydroxylation is 1. The average molecular weight is 479 g/mol. The monoisotopic (exact) mass is 478 g/mol. The molecule has 0 radical (unpaired) electrons. The van der Waals surface area contributed by atoms with Crippen LogP contribution in [0.1, 0.15) is 5.56 Å². The number of rotatable bonds is 6. The summed E-state index contributed by atoms with van der Waals surface area (Å²) in [5.74, 6) is 1.88. The molecule has 0 saturated carbocycles. The summed E-state index contributed by atoms with van der Waals surface area (Å²) in [6.45, 7) is 2.21. The Bertz CT molecular complexity index is 1320. The Balaban J connectivity index is 1.39. The number of thioether (sulfide) groups is 1. The lowest BCUT2D eigenvalue weighted by Crippen LogP contribution is -2.14. The third-order valence-corrected chi connectivity index (χ3v) is 6.29. The SMILES string of the molecule is Cc1ccc(-n2c(SCC(=O)Nc3ccc4c(c3)OCO4)nnc2-c2ccccc2Cl)cc1. The Kier molecular flexibility index (Phi) is 5.93. The van der Waals surface area contributed by atoms with Crippen molar-refractivity contribution in [1.82, 2.24) is 14.8 Å². The molecule has 4 aromatic rings. The Hall–Kier alpha value is -3.49. The number of hydrogen-bond acceptors (Lipinski definition) is 6. The van der Waals surface area contributed by atoms with E-state index in [-0.39, 0.29) is 18.5 Å². The number of carbonyl (C=O) groups is 1. The van der Waals surface area contributed by atoms with E-state index in [1.54, 1.807) is 18.2 Å². The van der Waals surface area contributed by atoms with E-state index >= 15 is 0 Å². The average Bonchev–Trinajstić information content (AvgIpc) is 3.45. The molecule has 1 aliphatic rings. The zero-order chi connectivity index (χ0) is 22.8. The van der Waals surface area contributed by atoms with Gasteiger partial charge >= 0.3 is 0 Å². The first-order valence-corrected chi connectivity index (χ1v) is 11.5. The maximum absolute atomic E-state index is 12.6. The van der Waals surface area contributed by atoms with Gasteiger partial charge in [0.1, 0.15) is 0 Å². The molecule has 0 atom stereocenters. The maximum Gasteiger partial charge on any atom is 0.234 e. The van der Waals surface area contributed by atoms with Crippen LogP contribution >= 0.6 is 23.4 Å². The molecule has 9 heteroatoms. The van der Waals surface area contributed by atoms with Gasteiger partial charge < -0.3 is 14.8 Å². The molecule has 5 rings (SSSR count). The highest BCUT2D eigenvalue weighted by Crippen LogP contribution is 2.35. The zero-order valence-corrected chi connectivity index (χ0v) is 19.2. The van der Waals surface area contributed by atoms with Crippen LogP contribution in [0, 0.1) is 6.92 Å². The number of fused-ring (bicyclic) bond motifs is 1. The van der Waals surface area contributed by atoms with Crippen molar-refractivity contribution in [3.05, 3.63) is 77.3 Å². The van der Waals surface area contributed by atoms with Gasteiger partial charge in [-0.3, -0.25) is 9.36 Å². The number of ether oxygens (including phenoxy) is 2. The first-order chi connectivity index (χ1) is 16.1. The summed E-state index contributed by atoms with van der Waals surface area (Å²) in [7, 11) is 0. The topological polar surface area (TPSA) is 78.3 Å². The highest BCUT2D eigenvalue weighted by Gasteiger charge is 2.19. The number of halogens is 1. The summed E-state index contributed by atoms with van der Waals surface area (Å²) in [5, 5.41) is 12.8. The second-order valence-corrected chi connectivity index (χ2v) is 8.71. The molecule has 0 aliphatic carbocycles. The Morgan fingerprint density at radius 2 is 1.85 bits per heavy atom. The number of anilines is 1. The lowest BCUT2D eigenvalue weighted by Gasteiger charge is -2.12. The van der Waals surface area contributed by atoms with Crippen molar-refractivity contribution in [3.63, 3.8) is 0 Å². The van der Waals surface area contributed by atoms with Gasteiger partial charge in [-0.15, -0.1) is 10.2 Å². The number of hydrogen-bond donors (Lipinski definition) is 1. The molecule has 2 heterocycles. The van der Waals surface area contributed by atoms with Crippen LogP contribution in [0.4, 0.5) is 5.69 Å². The van der Waals surface area contributed by atoms with Crippen LogP contribution in [-0.2, 0) is 4.79 Å². The molecular weight excluding hydrogens is 460 g/mol. The molecule has 3 aromatic carbocycles. The van der Waals surface area contributed by atoms with Crippen molar-refractivity contribution < 1.29 is 14.3 Å². The highest BCUT2D eigenvalue weighted by atomic mass is 35.5. The van der Waals surface area contributed by atoms with Crippen molar-refractivity contribution >= 4 is 35.0 Å². The van der Waals surface area contributed by atoms with E-state index in [0.29, 0.717) is 33.2 Å². The van der Waals surface area contributed by atoms with Gasteiger partial charge in [-0.05, 0) is 43.3 Å². The number of nitrogens with one attached hydrogen (secondary N) is 1. The molecule has 166 valence electrons. The number of benzene rings is 3. The van der Waals surface area contributed by atoms with Gasteiger partial charge in [0.2, 0.25) is 12.7 Å². The zero-order valence-electron chi connectivity index (χ0n) is 17.6. The fourth-order valence-electron chi connectivity index (χ4n) is 3.41. The smallest absolute Gasteiger partial charge is 0.234 e. The lowest BCUT2D eigenvalue weighted by atomic mass is 10.2. The summed E-state index contributed by atoms with van der Waals surface area (Å²) in [6.07, 6.45) is 0. The molecule has 0 saturated heterocycles. The van der Waals surface area contributed by atoms with Gasteiger partial charge in [0.25, 0.3) is 0 Å². The van der Waals surface area contributed by atoms with Crippen LogP contribution in [0.3, 0.4) is 0 Å². The Morgan fingerprint density at radius 3 is 2.67 bits per heavy atom. The number of amides is 1. The minimum absolute atomic E-state index is 0.154.